The first-order chi connectivity index (χ1) is 15.4. The Morgan fingerprint density at radius 2 is 1.97 bits per heavy atom. The van der Waals surface area contributed by atoms with Crippen molar-refractivity contribution in [3.8, 4) is 0 Å². The maximum atomic E-state index is 13.8. The summed E-state index contributed by atoms with van der Waals surface area (Å²) in [6, 6.07) is 10.2. The van der Waals surface area contributed by atoms with Crippen LogP contribution in [0.3, 0.4) is 0 Å². The summed E-state index contributed by atoms with van der Waals surface area (Å²) in [4.78, 5) is 29.1. The molecule has 32 heavy (non-hydrogen) atoms. The molecule has 1 aromatic carbocycles. The topological polar surface area (TPSA) is 54.3 Å². The second-order valence-corrected chi connectivity index (χ2v) is 10.4. The van der Waals surface area contributed by atoms with Crippen LogP contribution in [0.15, 0.2) is 41.8 Å². The van der Waals surface area contributed by atoms with Gasteiger partial charge in [0.05, 0.1) is 16.8 Å². The number of rotatable bonds is 4. The summed E-state index contributed by atoms with van der Waals surface area (Å²) < 4.78 is 16.5. The number of benzene rings is 1. The predicted molar refractivity (Wildman–Crippen MR) is 124 cm³/mol. The van der Waals surface area contributed by atoms with Crippen LogP contribution in [-0.4, -0.2) is 32.9 Å². The van der Waals surface area contributed by atoms with Gasteiger partial charge in [-0.05, 0) is 60.9 Å². The van der Waals surface area contributed by atoms with Gasteiger partial charge in [0.25, 0.3) is 5.91 Å². The third-order valence-electron chi connectivity index (χ3n) is 7.22. The highest BCUT2D eigenvalue weighted by Crippen LogP contribution is 2.36. The molecular weight excluding hydrogens is 425 g/mol. The molecule has 168 valence electrons. The van der Waals surface area contributed by atoms with Gasteiger partial charge >= 0.3 is 0 Å². The third kappa shape index (κ3) is 3.52. The number of thiophene rings is 1. The lowest BCUT2D eigenvalue weighted by atomic mass is 9.85. The van der Waals surface area contributed by atoms with Crippen LogP contribution < -0.4 is 5.32 Å². The van der Waals surface area contributed by atoms with E-state index in [-0.39, 0.29) is 30.2 Å². The highest BCUT2D eigenvalue weighted by molar-refractivity contribution is 7.17. The average Bonchev–Trinajstić information content (AvgIpc) is 3.36. The lowest BCUT2D eigenvalue weighted by Gasteiger charge is -2.45. The standard InChI is InChI=1S/C25H28FN3O2S/c1-16-5-3-4-6-19(16)27-24(31)25(2)15-28-20-11-12-32-22(20)13-21(28)23(30)29(25)14-17-7-9-18(26)10-8-17/h7-13,16,19H,3-6,14-15H2,1-2H3,(H,27,31)/t16-,19-,25-/m1/s1. The van der Waals surface area contributed by atoms with Crippen molar-refractivity contribution in [3.63, 3.8) is 0 Å². The van der Waals surface area contributed by atoms with Crippen LogP contribution in [0.4, 0.5) is 4.39 Å². The van der Waals surface area contributed by atoms with E-state index in [1.807, 2.05) is 29.0 Å². The van der Waals surface area contributed by atoms with Crippen molar-refractivity contribution in [1.82, 2.24) is 14.8 Å². The minimum atomic E-state index is -1.05. The molecule has 0 unspecified atom stereocenters. The zero-order valence-electron chi connectivity index (χ0n) is 18.4. The molecule has 0 saturated heterocycles. The number of hydrogen-bond donors (Lipinski definition) is 1. The third-order valence-corrected chi connectivity index (χ3v) is 8.07. The molecule has 7 heteroatoms. The zero-order chi connectivity index (χ0) is 22.5. The molecule has 1 fully saturated rings. The second-order valence-electron chi connectivity index (χ2n) is 9.42. The number of hydrogen-bond acceptors (Lipinski definition) is 3. The Balaban J connectivity index is 1.52. The normalized spacial score (nSPS) is 25.7. The molecule has 3 heterocycles. The molecule has 0 bridgehead atoms. The average molecular weight is 454 g/mol. The molecule has 3 aromatic rings. The van der Waals surface area contributed by atoms with Gasteiger partial charge in [-0.1, -0.05) is 31.9 Å². The van der Waals surface area contributed by atoms with E-state index >= 15 is 0 Å². The van der Waals surface area contributed by atoms with E-state index in [0.29, 0.717) is 18.2 Å². The van der Waals surface area contributed by atoms with Crippen LogP contribution in [0.2, 0.25) is 0 Å². The van der Waals surface area contributed by atoms with E-state index in [2.05, 4.69) is 12.2 Å². The lowest BCUT2D eigenvalue weighted by molar-refractivity contribution is -0.134. The Morgan fingerprint density at radius 1 is 1.22 bits per heavy atom. The maximum absolute atomic E-state index is 13.8. The van der Waals surface area contributed by atoms with Crippen molar-refractivity contribution >= 4 is 33.4 Å². The van der Waals surface area contributed by atoms with Crippen molar-refractivity contribution in [1.29, 1.82) is 0 Å². The molecule has 2 amide bonds. The minimum absolute atomic E-state index is 0.116. The zero-order valence-corrected chi connectivity index (χ0v) is 19.3. The molecule has 1 saturated carbocycles. The maximum Gasteiger partial charge on any atom is 0.271 e. The highest BCUT2D eigenvalue weighted by atomic mass is 32.1. The van der Waals surface area contributed by atoms with Gasteiger partial charge < -0.3 is 14.8 Å². The summed E-state index contributed by atoms with van der Waals surface area (Å²) in [7, 11) is 0. The van der Waals surface area contributed by atoms with Crippen molar-refractivity contribution in [2.75, 3.05) is 0 Å². The molecule has 1 aliphatic carbocycles. The van der Waals surface area contributed by atoms with Crippen LogP contribution in [0.5, 0.6) is 0 Å². The lowest BCUT2D eigenvalue weighted by Crippen LogP contribution is -2.65. The van der Waals surface area contributed by atoms with Crippen LogP contribution in [0.25, 0.3) is 10.2 Å². The highest BCUT2D eigenvalue weighted by Gasteiger charge is 2.48. The fourth-order valence-corrected chi connectivity index (χ4v) is 5.97. The Labute approximate surface area is 191 Å². The molecule has 1 aliphatic heterocycles. The molecule has 0 radical (unpaired) electrons. The van der Waals surface area contributed by atoms with Crippen molar-refractivity contribution in [2.45, 2.75) is 64.2 Å². The molecule has 5 nitrogen and oxygen atoms in total. The smallest absolute Gasteiger partial charge is 0.271 e. The summed E-state index contributed by atoms with van der Waals surface area (Å²) in [5.74, 6) is -0.181. The van der Waals surface area contributed by atoms with E-state index < -0.39 is 5.54 Å². The van der Waals surface area contributed by atoms with Crippen molar-refractivity contribution in [2.24, 2.45) is 5.92 Å². The number of halogens is 1. The van der Waals surface area contributed by atoms with Crippen LogP contribution in [-0.2, 0) is 17.9 Å². The minimum Gasteiger partial charge on any atom is -0.351 e. The first kappa shape index (κ1) is 21.2. The van der Waals surface area contributed by atoms with E-state index in [4.69, 9.17) is 0 Å². The van der Waals surface area contributed by atoms with Gasteiger partial charge in [0.2, 0.25) is 5.91 Å². The molecule has 0 spiro atoms. The number of carbonyl (C=O) groups is 2. The van der Waals surface area contributed by atoms with Gasteiger partial charge in [0.15, 0.2) is 0 Å². The number of fused-ring (bicyclic) bond motifs is 3. The Morgan fingerprint density at radius 3 is 2.72 bits per heavy atom. The summed E-state index contributed by atoms with van der Waals surface area (Å²) in [5, 5.41) is 5.29. The fourth-order valence-electron chi connectivity index (χ4n) is 5.15. The molecule has 2 aliphatic rings. The molecule has 3 atom stereocenters. The van der Waals surface area contributed by atoms with E-state index in [1.54, 1.807) is 28.4 Å². The summed E-state index contributed by atoms with van der Waals surface area (Å²) in [6.07, 6.45) is 4.39. The molecule has 5 rings (SSSR count). The van der Waals surface area contributed by atoms with E-state index in [9.17, 15) is 14.0 Å². The van der Waals surface area contributed by atoms with Gasteiger partial charge in [0.1, 0.15) is 17.1 Å². The van der Waals surface area contributed by atoms with Crippen LogP contribution in [0, 0.1) is 11.7 Å². The molecule has 1 N–H and O–H groups in total. The number of carbonyl (C=O) groups excluding carboxylic acids is 2. The van der Waals surface area contributed by atoms with Gasteiger partial charge in [-0.15, -0.1) is 11.3 Å². The van der Waals surface area contributed by atoms with E-state index in [1.165, 1.54) is 18.6 Å². The van der Waals surface area contributed by atoms with Crippen LogP contribution in [0.1, 0.15) is 55.6 Å². The molecular formula is C25H28FN3O2S. The first-order valence-corrected chi connectivity index (χ1v) is 12.2. The fraction of sp³-hybridized carbons (Fsp3) is 0.440. The number of nitrogens with one attached hydrogen (secondary N) is 1. The van der Waals surface area contributed by atoms with Gasteiger partial charge in [-0.2, -0.15) is 0 Å². The Bertz CT molecular complexity index is 1170. The predicted octanol–water partition coefficient (Wildman–Crippen LogP) is 4.95. The quantitative estimate of drug-likeness (QED) is 0.608. The summed E-state index contributed by atoms with van der Waals surface area (Å²) in [5.41, 5.74) is 1.34. The monoisotopic (exact) mass is 453 g/mol. The van der Waals surface area contributed by atoms with Gasteiger partial charge in [-0.3, -0.25) is 9.59 Å². The largest absolute Gasteiger partial charge is 0.351 e. The first-order valence-electron chi connectivity index (χ1n) is 11.3. The number of aromatic nitrogens is 1. The summed E-state index contributed by atoms with van der Waals surface area (Å²) in [6.45, 7) is 4.69. The van der Waals surface area contributed by atoms with Crippen molar-refractivity contribution < 1.29 is 14.0 Å². The second kappa shape index (κ2) is 8.03. The van der Waals surface area contributed by atoms with Gasteiger partial charge in [0, 0.05) is 12.6 Å². The Kier molecular flexibility index (Phi) is 5.32. The van der Waals surface area contributed by atoms with Crippen LogP contribution >= 0.6 is 11.3 Å². The van der Waals surface area contributed by atoms with Gasteiger partial charge in [-0.25, -0.2) is 4.39 Å². The molecule has 2 aromatic heterocycles. The Hall–Kier alpha value is -2.67. The number of nitrogens with zero attached hydrogens (tertiary/aromatic N) is 2. The van der Waals surface area contributed by atoms with Crippen molar-refractivity contribution in [3.05, 3.63) is 58.9 Å². The summed E-state index contributed by atoms with van der Waals surface area (Å²) >= 11 is 1.59. The van der Waals surface area contributed by atoms with E-state index in [0.717, 1.165) is 35.0 Å². The SMILES string of the molecule is C[C@@H]1CCCC[C@H]1NC(=O)[C@@]1(C)Cn2c(cc3sccc32)C(=O)N1Cc1ccc(F)cc1. The number of amides is 2.